The summed E-state index contributed by atoms with van der Waals surface area (Å²) in [5, 5.41) is 12.3. The van der Waals surface area contributed by atoms with Gasteiger partial charge in [0.1, 0.15) is 11.3 Å². The number of furan rings is 1. The van der Waals surface area contributed by atoms with Gasteiger partial charge in [-0.05, 0) is 60.7 Å². The summed E-state index contributed by atoms with van der Waals surface area (Å²) in [4.78, 5) is 12.7. The van der Waals surface area contributed by atoms with Crippen molar-refractivity contribution in [2.75, 3.05) is 13.7 Å². The molecule has 0 radical (unpaired) electrons. The Hall–Kier alpha value is -3.54. The van der Waals surface area contributed by atoms with E-state index < -0.39 is 0 Å². The maximum atomic E-state index is 12.7. The summed E-state index contributed by atoms with van der Waals surface area (Å²) in [6.07, 6.45) is 7.98. The van der Waals surface area contributed by atoms with Crippen molar-refractivity contribution in [3.8, 4) is 5.75 Å². The molecule has 29 heavy (non-hydrogen) atoms. The smallest absolute Gasteiger partial charge is 0.255 e. The summed E-state index contributed by atoms with van der Waals surface area (Å²) in [6, 6.07) is 11.6. The number of nitrogens with zero attached hydrogens (tertiary/aromatic N) is 1. The molecule has 1 fully saturated rings. The molecule has 146 valence electrons. The van der Waals surface area contributed by atoms with Crippen LogP contribution in [0.5, 0.6) is 5.75 Å². The summed E-state index contributed by atoms with van der Waals surface area (Å²) >= 11 is 0. The van der Waals surface area contributed by atoms with Crippen LogP contribution in [0.25, 0.3) is 34.0 Å². The second-order valence-corrected chi connectivity index (χ2v) is 7.38. The highest BCUT2D eigenvalue weighted by atomic mass is 16.5. The molecule has 0 unspecified atom stereocenters. The van der Waals surface area contributed by atoms with Gasteiger partial charge in [0, 0.05) is 11.9 Å². The van der Waals surface area contributed by atoms with Crippen molar-refractivity contribution in [2.24, 2.45) is 5.92 Å². The van der Waals surface area contributed by atoms with Crippen LogP contribution < -0.4 is 10.1 Å². The number of nitrogens with one attached hydrogen (secondary N) is 2. The summed E-state index contributed by atoms with van der Waals surface area (Å²) in [5.74, 6) is 1.04. The van der Waals surface area contributed by atoms with E-state index in [0.717, 1.165) is 33.1 Å². The Kier molecular flexibility index (Phi) is 4.31. The molecular weight excluding hydrogens is 366 g/mol. The number of benzene rings is 2. The van der Waals surface area contributed by atoms with Crippen LogP contribution in [-0.2, 0) is 0 Å². The van der Waals surface area contributed by atoms with E-state index >= 15 is 0 Å². The Bertz CT molecular complexity index is 1230. The number of ether oxygens (including phenoxy) is 1. The van der Waals surface area contributed by atoms with E-state index in [4.69, 9.17) is 9.15 Å². The maximum Gasteiger partial charge on any atom is 0.255 e. The molecule has 0 spiro atoms. The lowest BCUT2D eigenvalue weighted by molar-refractivity contribution is 0.0949. The topological polar surface area (TPSA) is 80.1 Å². The Morgan fingerprint density at radius 1 is 1.28 bits per heavy atom. The van der Waals surface area contributed by atoms with Gasteiger partial charge in [-0.2, -0.15) is 5.10 Å². The number of aromatic nitrogens is 2. The van der Waals surface area contributed by atoms with Crippen LogP contribution >= 0.6 is 0 Å². The number of hydrogen-bond acceptors (Lipinski definition) is 4. The van der Waals surface area contributed by atoms with E-state index in [1.165, 1.54) is 12.8 Å². The lowest BCUT2D eigenvalue weighted by Crippen LogP contribution is -2.26. The predicted molar refractivity (Wildman–Crippen MR) is 113 cm³/mol. The number of aromatic amines is 1. The second kappa shape index (κ2) is 7.13. The molecule has 1 amide bonds. The summed E-state index contributed by atoms with van der Waals surface area (Å²) in [5.41, 5.74) is 3.96. The number of carbonyl (C=O) groups excluding carboxylic acids is 1. The van der Waals surface area contributed by atoms with E-state index in [9.17, 15) is 4.79 Å². The molecule has 6 nitrogen and oxygen atoms in total. The van der Waals surface area contributed by atoms with Gasteiger partial charge in [0.15, 0.2) is 0 Å². The third-order valence-corrected chi connectivity index (χ3v) is 5.32. The average molecular weight is 387 g/mol. The van der Waals surface area contributed by atoms with Crippen molar-refractivity contribution in [2.45, 2.75) is 12.8 Å². The van der Waals surface area contributed by atoms with E-state index in [1.54, 1.807) is 19.4 Å². The predicted octanol–water partition coefficient (Wildman–Crippen LogP) is 4.63. The van der Waals surface area contributed by atoms with E-state index in [1.807, 2.05) is 36.4 Å². The number of H-pyrrole nitrogens is 1. The minimum Gasteiger partial charge on any atom is -0.495 e. The molecule has 0 bridgehead atoms. The fraction of sp³-hybridized carbons (Fsp3) is 0.217. The number of fused-ring (bicyclic) bond motifs is 2. The highest BCUT2D eigenvalue weighted by molar-refractivity contribution is 6.05. The molecule has 2 aromatic heterocycles. The van der Waals surface area contributed by atoms with Gasteiger partial charge in [-0.25, -0.2) is 0 Å². The normalized spacial score (nSPS) is 14.1. The Balaban J connectivity index is 1.49. The lowest BCUT2D eigenvalue weighted by atomic mass is 10.1. The van der Waals surface area contributed by atoms with Crippen LogP contribution in [-0.4, -0.2) is 29.8 Å². The molecule has 1 saturated carbocycles. The van der Waals surface area contributed by atoms with Crippen LogP contribution in [0.15, 0.2) is 47.1 Å². The first kappa shape index (κ1) is 17.6. The van der Waals surface area contributed by atoms with Gasteiger partial charge in [-0.3, -0.25) is 9.89 Å². The van der Waals surface area contributed by atoms with Crippen LogP contribution in [0, 0.1) is 5.92 Å². The molecule has 4 aromatic rings. The van der Waals surface area contributed by atoms with Gasteiger partial charge < -0.3 is 14.5 Å². The van der Waals surface area contributed by atoms with Crippen LogP contribution in [0.1, 0.15) is 34.5 Å². The average Bonchev–Trinajstić information content (AvgIpc) is 3.30. The van der Waals surface area contributed by atoms with Gasteiger partial charge in [-0.1, -0.05) is 12.1 Å². The van der Waals surface area contributed by atoms with Gasteiger partial charge in [0.05, 0.1) is 35.5 Å². The second-order valence-electron chi connectivity index (χ2n) is 7.38. The van der Waals surface area contributed by atoms with Crippen molar-refractivity contribution in [1.82, 2.24) is 15.5 Å². The van der Waals surface area contributed by atoms with E-state index in [0.29, 0.717) is 23.8 Å². The van der Waals surface area contributed by atoms with Crippen LogP contribution in [0.3, 0.4) is 0 Å². The van der Waals surface area contributed by atoms with Crippen LogP contribution in [0.4, 0.5) is 0 Å². The van der Waals surface area contributed by atoms with Crippen molar-refractivity contribution in [1.29, 1.82) is 0 Å². The third-order valence-electron chi connectivity index (χ3n) is 5.32. The summed E-state index contributed by atoms with van der Waals surface area (Å²) < 4.78 is 11.0. The lowest BCUT2D eigenvalue weighted by Gasteiger charge is -2.10. The quantitative estimate of drug-likeness (QED) is 0.506. The Morgan fingerprint density at radius 2 is 2.17 bits per heavy atom. The largest absolute Gasteiger partial charge is 0.495 e. The molecule has 6 heteroatoms. The van der Waals surface area contributed by atoms with Gasteiger partial charge in [0.2, 0.25) is 0 Å². The highest BCUT2D eigenvalue weighted by Gasteiger charge is 2.24. The van der Waals surface area contributed by atoms with Gasteiger partial charge in [-0.15, -0.1) is 0 Å². The Morgan fingerprint density at radius 3 is 3.00 bits per heavy atom. The SMILES string of the molecule is COc1c(C(=O)NCC2CC2)ccc2[nH]nc(C=Cc3ccc4occc4c3)c12. The number of hydrogen-bond donors (Lipinski definition) is 2. The first-order chi connectivity index (χ1) is 14.2. The molecule has 1 aliphatic rings. The van der Waals surface area contributed by atoms with Crippen molar-refractivity contribution in [3.63, 3.8) is 0 Å². The zero-order chi connectivity index (χ0) is 19.8. The Labute approximate surface area is 167 Å². The van der Waals surface area contributed by atoms with Crippen molar-refractivity contribution in [3.05, 3.63) is 59.5 Å². The molecule has 5 rings (SSSR count). The third kappa shape index (κ3) is 3.38. The standard InChI is InChI=1S/C23H21N3O3/c1-28-22-17(23(27)24-13-15-2-3-15)6-8-19-21(22)18(25-26-19)7-4-14-5-9-20-16(12-14)10-11-29-20/h4-12,15H,2-3,13H2,1H3,(H,24,27)(H,25,26). The summed E-state index contributed by atoms with van der Waals surface area (Å²) in [6.45, 7) is 0.717. The number of carbonyl (C=O) groups is 1. The number of amides is 1. The molecule has 2 heterocycles. The van der Waals surface area contributed by atoms with Gasteiger partial charge >= 0.3 is 0 Å². The van der Waals surface area contributed by atoms with Gasteiger partial charge in [0.25, 0.3) is 5.91 Å². The fourth-order valence-corrected chi connectivity index (χ4v) is 3.54. The molecule has 2 N–H and O–H groups in total. The monoisotopic (exact) mass is 387 g/mol. The number of methoxy groups -OCH3 is 1. The molecule has 1 aliphatic carbocycles. The van der Waals surface area contributed by atoms with E-state index in [2.05, 4.69) is 21.6 Å². The zero-order valence-corrected chi connectivity index (χ0v) is 16.1. The zero-order valence-electron chi connectivity index (χ0n) is 16.1. The molecule has 0 aliphatic heterocycles. The molecular formula is C23H21N3O3. The minimum absolute atomic E-state index is 0.114. The summed E-state index contributed by atoms with van der Waals surface area (Å²) in [7, 11) is 1.58. The maximum absolute atomic E-state index is 12.7. The molecule has 0 saturated heterocycles. The van der Waals surface area contributed by atoms with Crippen molar-refractivity contribution >= 4 is 39.9 Å². The number of rotatable bonds is 6. The first-order valence-corrected chi connectivity index (χ1v) is 9.71. The highest BCUT2D eigenvalue weighted by Crippen LogP contribution is 2.33. The minimum atomic E-state index is -0.114. The first-order valence-electron chi connectivity index (χ1n) is 9.71. The van der Waals surface area contributed by atoms with E-state index in [-0.39, 0.29) is 5.91 Å². The fourth-order valence-electron chi connectivity index (χ4n) is 3.54. The molecule has 0 atom stereocenters. The van der Waals surface area contributed by atoms with Crippen molar-refractivity contribution < 1.29 is 13.9 Å². The molecule has 2 aromatic carbocycles. The van der Waals surface area contributed by atoms with Crippen LogP contribution in [0.2, 0.25) is 0 Å².